The number of Topliss-reactive ketones (excluding diaryl/α,β-unsaturated/α-hetero) is 1. The maximum Gasteiger partial charge on any atom is 0.164 e. The predicted octanol–water partition coefficient (Wildman–Crippen LogP) is 2.15. The summed E-state index contributed by atoms with van der Waals surface area (Å²) in [5, 5.41) is 0.984. The lowest BCUT2D eigenvalue weighted by molar-refractivity contribution is 0.0976. The van der Waals surface area contributed by atoms with Crippen molar-refractivity contribution in [3.63, 3.8) is 0 Å². The number of nitrogens with zero attached hydrogens (tertiary/aromatic N) is 1. The summed E-state index contributed by atoms with van der Waals surface area (Å²) in [5.41, 5.74) is 7.22. The number of hydrogen-bond donors (Lipinski definition) is 1. The van der Waals surface area contributed by atoms with Crippen molar-refractivity contribution in [1.82, 2.24) is 4.98 Å². The first-order chi connectivity index (χ1) is 7.66. The molecule has 0 aliphatic heterocycles. The molecule has 82 valence electrons. The van der Waals surface area contributed by atoms with Crippen molar-refractivity contribution in [2.24, 2.45) is 5.73 Å². The van der Waals surface area contributed by atoms with E-state index in [9.17, 15) is 4.79 Å². The lowest BCUT2D eigenvalue weighted by Gasteiger charge is -2.05. The van der Waals surface area contributed by atoms with E-state index in [4.69, 9.17) is 5.73 Å². The Morgan fingerprint density at radius 3 is 3.00 bits per heavy atom. The highest BCUT2D eigenvalue weighted by Gasteiger charge is 2.08. The molecule has 0 bridgehead atoms. The van der Waals surface area contributed by atoms with Crippen LogP contribution >= 0.6 is 0 Å². The van der Waals surface area contributed by atoms with Crippen molar-refractivity contribution in [2.75, 3.05) is 0 Å². The van der Waals surface area contributed by atoms with Gasteiger partial charge in [-0.1, -0.05) is 6.07 Å². The summed E-state index contributed by atoms with van der Waals surface area (Å²) in [7, 11) is 0. The van der Waals surface area contributed by atoms with E-state index in [-0.39, 0.29) is 11.8 Å². The highest BCUT2D eigenvalue weighted by molar-refractivity contribution is 5.99. The van der Waals surface area contributed by atoms with E-state index in [2.05, 4.69) is 4.98 Å². The van der Waals surface area contributed by atoms with Crippen LogP contribution in [0.15, 0.2) is 36.5 Å². The molecule has 2 N–H and O–H groups in total. The topological polar surface area (TPSA) is 56.0 Å². The Morgan fingerprint density at radius 1 is 1.44 bits per heavy atom. The van der Waals surface area contributed by atoms with Gasteiger partial charge >= 0.3 is 0 Å². The Hall–Kier alpha value is -1.74. The van der Waals surface area contributed by atoms with Crippen LogP contribution in [0.25, 0.3) is 10.9 Å². The van der Waals surface area contributed by atoms with Gasteiger partial charge in [0.05, 0.1) is 5.52 Å². The number of benzene rings is 1. The van der Waals surface area contributed by atoms with Gasteiger partial charge in [-0.15, -0.1) is 0 Å². The van der Waals surface area contributed by atoms with E-state index in [1.165, 1.54) is 0 Å². The molecule has 16 heavy (non-hydrogen) atoms. The second-order valence-electron chi connectivity index (χ2n) is 4.02. The fourth-order valence-corrected chi connectivity index (χ4v) is 1.66. The van der Waals surface area contributed by atoms with Crippen LogP contribution < -0.4 is 5.73 Å². The molecule has 2 aromatic rings. The Balaban J connectivity index is 2.35. The van der Waals surface area contributed by atoms with Crippen molar-refractivity contribution in [3.8, 4) is 0 Å². The van der Waals surface area contributed by atoms with Gasteiger partial charge in [0.15, 0.2) is 5.78 Å². The monoisotopic (exact) mass is 214 g/mol. The third-order valence-corrected chi connectivity index (χ3v) is 2.43. The molecule has 0 aliphatic carbocycles. The molecule has 1 unspecified atom stereocenters. The lowest BCUT2D eigenvalue weighted by atomic mass is 10.0. The number of rotatable bonds is 3. The maximum atomic E-state index is 11.8. The van der Waals surface area contributed by atoms with E-state index in [0.717, 1.165) is 10.9 Å². The van der Waals surface area contributed by atoms with E-state index in [1.54, 1.807) is 12.3 Å². The largest absolute Gasteiger partial charge is 0.328 e. The highest BCUT2D eigenvalue weighted by atomic mass is 16.1. The number of carbonyl (C=O) groups is 1. The standard InChI is InChI=1S/C13H14N2O/c1-9(14)7-13(16)11-4-5-12-10(8-11)3-2-6-15-12/h2-6,8-9H,7,14H2,1H3. The van der Waals surface area contributed by atoms with E-state index in [1.807, 2.05) is 31.2 Å². The Kier molecular flexibility index (Phi) is 2.97. The van der Waals surface area contributed by atoms with Gasteiger partial charge in [-0.2, -0.15) is 0 Å². The first-order valence-corrected chi connectivity index (χ1v) is 5.30. The third-order valence-electron chi connectivity index (χ3n) is 2.43. The zero-order chi connectivity index (χ0) is 11.5. The predicted molar refractivity (Wildman–Crippen MR) is 64.3 cm³/mol. The first kappa shape index (κ1) is 10.8. The van der Waals surface area contributed by atoms with Gasteiger partial charge in [0, 0.05) is 29.6 Å². The van der Waals surface area contributed by atoms with Gasteiger partial charge in [0.2, 0.25) is 0 Å². The molecule has 0 radical (unpaired) electrons. The summed E-state index contributed by atoms with van der Waals surface area (Å²) in [6.07, 6.45) is 2.12. The number of aromatic nitrogens is 1. The fraction of sp³-hybridized carbons (Fsp3) is 0.231. The molecule has 3 heteroatoms. The number of fused-ring (bicyclic) bond motifs is 1. The Labute approximate surface area is 94.3 Å². The number of ketones is 1. The summed E-state index contributed by atoms with van der Waals surface area (Å²) in [6, 6.07) is 9.25. The molecular weight excluding hydrogens is 200 g/mol. The van der Waals surface area contributed by atoms with E-state index < -0.39 is 0 Å². The maximum absolute atomic E-state index is 11.8. The Bertz CT molecular complexity index is 520. The van der Waals surface area contributed by atoms with Gasteiger partial charge in [0.1, 0.15) is 0 Å². The molecule has 1 aromatic carbocycles. The molecule has 0 aliphatic rings. The third kappa shape index (κ3) is 2.25. The molecule has 1 atom stereocenters. The van der Waals surface area contributed by atoms with Crippen molar-refractivity contribution in [1.29, 1.82) is 0 Å². The first-order valence-electron chi connectivity index (χ1n) is 5.30. The van der Waals surface area contributed by atoms with Crippen LogP contribution in [-0.4, -0.2) is 16.8 Å². The van der Waals surface area contributed by atoms with Crippen LogP contribution in [-0.2, 0) is 0 Å². The van der Waals surface area contributed by atoms with Crippen molar-refractivity contribution in [2.45, 2.75) is 19.4 Å². The summed E-state index contributed by atoms with van der Waals surface area (Å²) >= 11 is 0. The molecule has 0 spiro atoms. The number of hydrogen-bond acceptors (Lipinski definition) is 3. The van der Waals surface area contributed by atoms with Crippen LogP contribution in [0.1, 0.15) is 23.7 Å². The summed E-state index contributed by atoms with van der Waals surface area (Å²) in [4.78, 5) is 16.0. The zero-order valence-corrected chi connectivity index (χ0v) is 9.18. The van der Waals surface area contributed by atoms with Crippen molar-refractivity contribution < 1.29 is 4.79 Å². The molecule has 2 rings (SSSR count). The number of nitrogens with two attached hydrogens (primary N) is 1. The minimum atomic E-state index is -0.0999. The van der Waals surface area contributed by atoms with Crippen LogP contribution in [0, 0.1) is 0 Å². The van der Waals surface area contributed by atoms with Crippen LogP contribution in [0.3, 0.4) is 0 Å². The smallest absolute Gasteiger partial charge is 0.164 e. The van der Waals surface area contributed by atoms with Gasteiger partial charge in [0.25, 0.3) is 0 Å². The SMILES string of the molecule is CC(N)CC(=O)c1ccc2ncccc2c1. The molecule has 1 aromatic heterocycles. The molecule has 0 amide bonds. The highest BCUT2D eigenvalue weighted by Crippen LogP contribution is 2.14. The summed E-state index contributed by atoms with van der Waals surface area (Å²) < 4.78 is 0. The fourth-order valence-electron chi connectivity index (χ4n) is 1.66. The summed E-state index contributed by atoms with van der Waals surface area (Å²) in [5.74, 6) is 0.0840. The average Bonchev–Trinajstić information content (AvgIpc) is 2.27. The Morgan fingerprint density at radius 2 is 2.25 bits per heavy atom. The van der Waals surface area contributed by atoms with E-state index >= 15 is 0 Å². The molecule has 0 saturated heterocycles. The molecule has 0 saturated carbocycles. The van der Waals surface area contributed by atoms with Crippen LogP contribution in [0.4, 0.5) is 0 Å². The average molecular weight is 214 g/mol. The van der Waals surface area contributed by atoms with Gasteiger partial charge in [-0.05, 0) is 31.2 Å². The number of pyridine rings is 1. The molecule has 0 fully saturated rings. The van der Waals surface area contributed by atoms with E-state index in [0.29, 0.717) is 12.0 Å². The second-order valence-corrected chi connectivity index (χ2v) is 4.02. The van der Waals surface area contributed by atoms with Gasteiger partial charge in [-0.25, -0.2) is 0 Å². The normalized spacial score (nSPS) is 12.6. The molecule has 1 heterocycles. The summed E-state index contributed by atoms with van der Waals surface area (Å²) in [6.45, 7) is 1.83. The second kappa shape index (κ2) is 4.41. The van der Waals surface area contributed by atoms with Crippen molar-refractivity contribution in [3.05, 3.63) is 42.1 Å². The lowest BCUT2D eigenvalue weighted by Crippen LogP contribution is -2.19. The minimum Gasteiger partial charge on any atom is -0.328 e. The minimum absolute atomic E-state index is 0.0840. The van der Waals surface area contributed by atoms with Gasteiger partial charge in [-0.3, -0.25) is 9.78 Å². The van der Waals surface area contributed by atoms with Crippen LogP contribution in [0.2, 0.25) is 0 Å². The van der Waals surface area contributed by atoms with Gasteiger partial charge < -0.3 is 5.73 Å². The zero-order valence-electron chi connectivity index (χ0n) is 9.18. The molecular formula is C13H14N2O. The van der Waals surface area contributed by atoms with Crippen molar-refractivity contribution >= 4 is 16.7 Å². The molecule has 3 nitrogen and oxygen atoms in total. The quantitative estimate of drug-likeness (QED) is 0.796. The van der Waals surface area contributed by atoms with Crippen LogP contribution in [0.5, 0.6) is 0 Å². The number of carbonyl (C=O) groups excluding carboxylic acids is 1.